The first-order valence-corrected chi connectivity index (χ1v) is 12.9. The van der Waals surface area contributed by atoms with Crippen molar-refractivity contribution >= 4 is 39.3 Å². The van der Waals surface area contributed by atoms with Gasteiger partial charge in [-0.3, -0.25) is 9.59 Å². The first-order valence-electron chi connectivity index (χ1n) is 11.1. The molecule has 8 nitrogen and oxygen atoms in total. The minimum absolute atomic E-state index is 0.0272. The molecule has 0 spiro atoms. The molecule has 0 aromatic heterocycles. The monoisotopic (exact) mass is 526 g/mol. The Morgan fingerprint density at radius 3 is 2.17 bits per heavy atom. The maximum atomic E-state index is 14.6. The normalized spacial score (nSPS) is 12.5. The molecule has 0 fully saturated rings. The number of benzene rings is 2. The van der Waals surface area contributed by atoms with E-state index >= 15 is 0 Å². The van der Waals surface area contributed by atoms with Gasteiger partial charge >= 0.3 is 10.2 Å². The van der Waals surface area contributed by atoms with Gasteiger partial charge in [-0.25, -0.2) is 8.70 Å². The van der Waals surface area contributed by atoms with Gasteiger partial charge in [0.15, 0.2) is 0 Å². The molecule has 2 amide bonds. The van der Waals surface area contributed by atoms with E-state index in [0.717, 1.165) is 10.4 Å². The van der Waals surface area contributed by atoms with Gasteiger partial charge in [-0.05, 0) is 42.7 Å². The largest absolute Gasteiger partial charge is 0.354 e. The van der Waals surface area contributed by atoms with Crippen LogP contribution in [0.4, 0.5) is 10.1 Å². The highest BCUT2D eigenvalue weighted by molar-refractivity contribution is 7.90. The van der Waals surface area contributed by atoms with Crippen molar-refractivity contribution in [1.82, 2.24) is 14.5 Å². The van der Waals surface area contributed by atoms with Crippen molar-refractivity contribution in [3.63, 3.8) is 0 Å². The van der Waals surface area contributed by atoms with Crippen molar-refractivity contribution in [3.05, 3.63) is 64.9 Å². The van der Waals surface area contributed by atoms with E-state index in [1.54, 1.807) is 31.2 Å². The lowest BCUT2D eigenvalue weighted by Gasteiger charge is -2.33. The van der Waals surface area contributed by atoms with Gasteiger partial charge in [0, 0.05) is 32.2 Å². The molecule has 192 valence electrons. The zero-order valence-corrected chi connectivity index (χ0v) is 22.1. The molecule has 0 saturated heterocycles. The lowest BCUT2D eigenvalue weighted by molar-refractivity contribution is -0.139. The summed E-state index contributed by atoms with van der Waals surface area (Å²) in [7, 11) is -1.64. The Labute approximate surface area is 211 Å². The van der Waals surface area contributed by atoms with Crippen LogP contribution in [0.3, 0.4) is 0 Å². The molecule has 0 unspecified atom stereocenters. The molecule has 2 aromatic carbocycles. The average molecular weight is 527 g/mol. The van der Waals surface area contributed by atoms with Crippen LogP contribution in [0, 0.1) is 11.7 Å². The molecule has 0 bridgehead atoms. The van der Waals surface area contributed by atoms with Crippen LogP contribution in [0.5, 0.6) is 0 Å². The molecule has 0 heterocycles. The first kappa shape index (κ1) is 28.5. The minimum atomic E-state index is -4.23. The van der Waals surface area contributed by atoms with Crippen LogP contribution in [0.1, 0.15) is 26.3 Å². The number of hydrogen-bond acceptors (Lipinski definition) is 4. The van der Waals surface area contributed by atoms with Crippen molar-refractivity contribution in [2.75, 3.05) is 31.5 Å². The molecule has 0 aliphatic rings. The van der Waals surface area contributed by atoms with E-state index in [1.807, 2.05) is 13.8 Å². The lowest BCUT2D eigenvalue weighted by atomic mass is 10.1. The van der Waals surface area contributed by atoms with Crippen molar-refractivity contribution in [3.8, 4) is 0 Å². The zero-order chi connectivity index (χ0) is 26.3. The van der Waals surface area contributed by atoms with E-state index < -0.39 is 34.5 Å². The summed E-state index contributed by atoms with van der Waals surface area (Å²) in [6.07, 6.45) is 0. The van der Waals surface area contributed by atoms with Crippen molar-refractivity contribution in [2.45, 2.75) is 33.4 Å². The van der Waals surface area contributed by atoms with Gasteiger partial charge in [0.1, 0.15) is 18.4 Å². The summed E-state index contributed by atoms with van der Waals surface area (Å²) in [6, 6.07) is 11.1. The van der Waals surface area contributed by atoms with E-state index in [-0.39, 0.29) is 24.1 Å². The minimum Gasteiger partial charge on any atom is -0.354 e. The van der Waals surface area contributed by atoms with Gasteiger partial charge in [0.05, 0.1) is 5.69 Å². The van der Waals surface area contributed by atoms with Gasteiger partial charge in [-0.15, -0.1) is 0 Å². The van der Waals surface area contributed by atoms with Crippen molar-refractivity contribution < 1.29 is 22.4 Å². The first-order chi connectivity index (χ1) is 16.3. The number of nitrogens with one attached hydrogen (secondary N) is 1. The number of rotatable bonds is 11. The summed E-state index contributed by atoms with van der Waals surface area (Å²) in [6.45, 7) is 5.20. The number of carbonyl (C=O) groups is 2. The number of anilines is 1. The van der Waals surface area contributed by atoms with Crippen molar-refractivity contribution in [2.24, 2.45) is 5.92 Å². The quantitative estimate of drug-likeness (QED) is 0.486. The maximum absolute atomic E-state index is 14.6. The number of carbonyl (C=O) groups excluding carboxylic acids is 2. The van der Waals surface area contributed by atoms with Gasteiger partial charge in [-0.2, -0.15) is 12.7 Å². The second kappa shape index (κ2) is 12.3. The summed E-state index contributed by atoms with van der Waals surface area (Å²) < 4.78 is 42.3. The molecule has 2 rings (SSSR count). The van der Waals surface area contributed by atoms with Gasteiger partial charge in [0.2, 0.25) is 11.8 Å². The number of hydrogen-bond donors (Lipinski definition) is 1. The Hall–Kier alpha value is -2.69. The van der Waals surface area contributed by atoms with E-state index in [2.05, 4.69) is 5.32 Å². The topological polar surface area (TPSA) is 90.0 Å². The Bertz CT molecular complexity index is 1130. The third-order valence-corrected chi connectivity index (χ3v) is 7.32. The van der Waals surface area contributed by atoms with Crippen LogP contribution >= 0.6 is 11.6 Å². The van der Waals surface area contributed by atoms with Crippen LogP contribution < -0.4 is 9.62 Å². The number of halogens is 2. The smallest absolute Gasteiger partial charge is 0.304 e. The molecule has 2 aromatic rings. The summed E-state index contributed by atoms with van der Waals surface area (Å²) in [5.74, 6) is -1.64. The SMILES string of the molecule is CC(C)CNC(=O)[C@H](C)N(Cc1ccc(Cl)cc1)C(=O)CN(c1ccccc1F)S(=O)(=O)N(C)C. The third-order valence-electron chi connectivity index (χ3n) is 5.26. The molecule has 35 heavy (non-hydrogen) atoms. The highest BCUT2D eigenvalue weighted by atomic mass is 35.5. The Morgan fingerprint density at radius 1 is 1.03 bits per heavy atom. The zero-order valence-electron chi connectivity index (χ0n) is 20.5. The fourth-order valence-electron chi connectivity index (χ4n) is 3.18. The Balaban J connectivity index is 2.44. The predicted molar refractivity (Wildman–Crippen MR) is 136 cm³/mol. The molecule has 1 N–H and O–H groups in total. The lowest BCUT2D eigenvalue weighted by Crippen LogP contribution is -2.52. The van der Waals surface area contributed by atoms with Crippen LogP contribution in [0.2, 0.25) is 5.02 Å². The summed E-state index contributed by atoms with van der Waals surface area (Å²) in [5.41, 5.74) is 0.428. The summed E-state index contributed by atoms with van der Waals surface area (Å²) >= 11 is 5.97. The van der Waals surface area contributed by atoms with Gasteiger partial charge in [0.25, 0.3) is 0 Å². The summed E-state index contributed by atoms with van der Waals surface area (Å²) in [4.78, 5) is 27.6. The van der Waals surface area contributed by atoms with Crippen molar-refractivity contribution in [1.29, 1.82) is 0 Å². The summed E-state index contributed by atoms with van der Waals surface area (Å²) in [5, 5.41) is 3.31. The third kappa shape index (κ3) is 7.65. The van der Waals surface area contributed by atoms with E-state index in [1.165, 1.54) is 37.2 Å². The van der Waals surface area contributed by atoms with Crippen LogP contribution in [-0.2, 0) is 26.3 Å². The number of nitrogens with zero attached hydrogens (tertiary/aromatic N) is 3. The van der Waals surface area contributed by atoms with E-state index in [9.17, 15) is 22.4 Å². The molecular formula is C24H32ClFN4O4S. The highest BCUT2D eigenvalue weighted by Crippen LogP contribution is 2.24. The molecular weight excluding hydrogens is 495 g/mol. The second-order valence-electron chi connectivity index (χ2n) is 8.71. The fourth-order valence-corrected chi connectivity index (χ4v) is 4.37. The number of amides is 2. The standard InChI is InChI=1S/C24H32ClFN4O4S/c1-17(2)14-27-24(32)18(3)29(15-19-10-12-20(25)13-11-19)23(31)16-30(35(33,34)28(4)5)22-9-7-6-8-21(22)26/h6-13,17-18H,14-16H2,1-5H3,(H,27,32)/t18-/m0/s1. The molecule has 0 saturated carbocycles. The van der Waals surface area contributed by atoms with Crippen LogP contribution in [-0.4, -0.2) is 62.7 Å². The highest BCUT2D eigenvalue weighted by Gasteiger charge is 2.33. The Kier molecular flexibility index (Phi) is 10.1. The Morgan fingerprint density at radius 2 is 1.63 bits per heavy atom. The van der Waals surface area contributed by atoms with E-state index in [4.69, 9.17) is 11.6 Å². The van der Waals surface area contributed by atoms with Gasteiger partial charge in [-0.1, -0.05) is 49.7 Å². The molecule has 0 radical (unpaired) electrons. The molecule has 0 aliphatic heterocycles. The molecule has 0 aliphatic carbocycles. The second-order valence-corrected chi connectivity index (χ2v) is 11.2. The predicted octanol–water partition coefficient (Wildman–Crippen LogP) is 3.28. The van der Waals surface area contributed by atoms with Gasteiger partial charge < -0.3 is 10.2 Å². The average Bonchev–Trinajstić information content (AvgIpc) is 2.80. The molecule has 11 heteroatoms. The van der Waals surface area contributed by atoms with E-state index in [0.29, 0.717) is 21.4 Å². The molecule has 1 atom stereocenters. The number of para-hydroxylation sites is 1. The van der Waals surface area contributed by atoms with Crippen LogP contribution in [0.25, 0.3) is 0 Å². The maximum Gasteiger partial charge on any atom is 0.304 e. The fraction of sp³-hybridized carbons (Fsp3) is 0.417. The van der Waals surface area contributed by atoms with Crippen LogP contribution in [0.15, 0.2) is 48.5 Å².